The highest BCUT2D eigenvalue weighted by Crippen LogP contribution is 2.48. The average molecular weight is 306 g/mol. The second kappa shape index (κ2) is 3.99. The standard InChI is InChI=1S/C14H13ClN4O2/c15-12-6-18-14-7-16-8-19(12,14)4-3-17-11-2-1-9(13(20)21)5-10(11)14/h1-4,6,8-9,17-18H,5,7H2/p+1. The fourth-order valence-corrected chi connectivity index (χ4v) is 3.79. The summed E-state index contributed by atoms with van der Waals surface area (Å²) in [5.41, 5.74) is 1.36. The minimum Gasteiger partial charge on any atom is -0.481 e. The van der Waals surface area contributed by atoms with Crippen LogP contribution in [-0.2, 0) is 4.79 Å². The molecule has 0 amide bonds. The van der Waals surface area contributed by atoms with Gasteiger partial charge < -0.3 is 15.7 Å². The van der Waals surface area contributed by atoms with Crippen LogP contribution >= 0.6 is 11.6 Å². The predicted octanol–water partition coefficient (Wildman–Crippen LogP) is 1.17. The monoisotopic (exact) mass is 305 g/mol. The quantitative estimate of drug-likeness (QED) is 0.502. The van der Waals surface area contributed by atoms with Crippen LogP contribution in [0.5, 0.6) is 0 Å². The molecule has 0 radical (unpaired) electrons. The first-order chi connectivity index (χ1) is 10.1. The van der Waals surface area contributed by atoms with E-state index in [-0.39, 0.29) is 4.48 Å². The number of halogens is 1. The van der Waals surface area contributed by atoms with Crippen molar-refractivity contribution in [3.05, 3.63) is 47.2 Å². The third-order valence-electron chi connectivity index (χ3n) is 4.61. The SMILES string of the molecule is O=C(O)C1C=CC2=C(C1)C13CN=C[N+]1(C=CN2)C(Cl)=CN3. The smallest absolute Gasteiger partial charge is 0.310 e. The van der Waals surface area contributed by atoms with E-state index in [1.54, 1.807) is 18.6 Å². The molecule has 4 aliphatic rings. The van der Waals surface area contributed by atoms with Gasteiger partial charge in [-0.3, -0.25) is 4.79 Å². The summed E-state index contributed by atoms with van der Waals surface area (Å²) in [5, 5.41) is 16.5. The minimum absolute atomic E-state index is 0.264. The maximum Gasteiger partial charge on any atom is 0.310 e. The average Bonchev–Trinajstić information content (AvgIpc) is 2.92. The lowest BCUT2D eigenvalue weighted by molar-refractivity contribution is -0.775. The van der Waals surface area contributed by atoms with Crippen LogP contribution < -0.4 is 10.6 Å². The largest absolute Gasteiger partial charge is 0.481 e. The molecule has 108 valence electrons. The predicted molar refractivity (Wildman–Crippen MR) is 77.6 cm³/mol. The molecule has 21 heavy (non-hydrogen) atoms. The molecule has 0 aromatic rings. The van der Waals surface area contributed by atoms with Gasteiger partial charge in [0.2, 0.25) is 10.8 Å². The van der Waals surface area contributed by atoms with Crippen LogP contribution in [0.1, 0.15) is 6.42 Å². The summed E-state index contributed by atoms with van der Waals surface area (Å²) in [5.74, 6) is -1.35. The maximum absolute atomic E-state index is 11.4. The number of quaternary nitrogens is 1. The molecule has 6 nitrogen and oxygen atoms in total. The zero-order chi connectivity index (χ0) is 14.7. The molecule has 0 bridgehead atoms. The van der Waals surface area contributed by atoms with Crippen LogP contribution in [0.15, 0.2) is 52.2 Å². The van der Waals surface area contributed by atoms with Crippen LogP contribution in [0, 0.1) is 5.92 Å². The summed E-state index contributed by atoms with van der Waals surface area (Å²) < 4.78 is 0.264. The molecule has 1 aliphatic carbocycles. The Labute approximate surface area is 126 Å². The number of hydrogen-bond donors (Lipinski definition) is 3. The third-order valence-corrected chi connectivity index (χ3v) is 5.00. The Morgan fingerprint density at radius 2 is 2.43 bits per heavy atom. The van der Waals surface area contributed by atoms with Crippen molar-refractivity contribution in [1.82, 2.24) is 10.6 Å². The second-order valence-corrected chi connectivity index (χ2v) is 5.95. The number of nitrogens with zero attached hydrogens (tertiary/aromatic N) is 2. The number of carbonyl (C=O) groups is 1. The molecule has 7 heteroatoms. The molecule has 3 N–H and O–H groups in total. The lowest BCUT2D eigenvalue weighted by Gasteiger charge is -2.39. The van der Waals surface area contributed by atoms with Gasteiger partial charge in [0.1, 0.15) is 12.7 Å². The van der Waals surface area contributed by atoms with Gasteiger partial charge in [-0.25, -0.2) is 4.99 Å². The number of carboxylic acid groups (broad SMARTS) is 1. The number of rotatable bonds is 1. The molecular formula is C14H14ClN4O2+. The molecule has 0 aromatic carbocycles. The first-order valence-corrected chi connectivity index (χ1v) is 7.09. The van der Waals surface area contributed by atoms with Gasteiger partial charge >= 0.3 is 5.97 Å². The molecule has 3 heterocycles. The van der Waals surface area contributed by atoms with E-state index in [1.807, 2.05) is 18.5 Å². The number of hydrogen-bond acceptors (Lipinski definition) is 4. The fraction of sp³-hybridized carbons (Fsp3) is 0.286. The summed E-state index contributed by atoms with van der Waals surface area (Å²) in [4.78, 5) is 15.8. The molecular weight excluding hydrogens is 292 g/mol. The number of allylic oxidation sites excluding steroid dienone is 1. The van der Waals surface area contributed by atoms with Crippen molar-refractivity contribution in [3.63, 3.8) is 0 Å². The topological polar surface area (TPSA) is 73.7 Å². The Balaban J connectivity index is 1.88. The Bertz CT molecular complexity index is 693. The van der Waals surface area contributed by atoms with E-state index >= 15 is 0 Å². The maximum atomic E-state index is 11.4. The van der Waals surface area contributed by atoms with E-state index in [2.05, 4.69) is 15.6 Å². The van der Waals surface area contributed by atoms with E-state index < -0.39 is 17.6 Å². The van der Waals surface area contributed by atoms with Crippen molar-refractivity contribution < 1.29 is 14.4 Å². The van der Waals surface area contributed by atoms with Crippen LogP contribution in [-0.4, -0.2) is 34.1 Å². The fourth-order valence-electron chi connectivity index (χ4n) is 3.49. The first kappa shape index (κ1) is 12.7. The Morgan fingerprint density at radius 1 is 1.57 bits per heavy atom. The van der Waals surface area contributed by atoms with Crippen molar-refractivity contribution in [2.75, 3.05) is 6.54 Å². The van der Waals surface area contributed by atoms with Crippen molar-refractivity contribution in [3.8, 4) is 0 Å². The lowest BCUT2D eigenvalue weighted by Crippen LogP contribution is -2.61. The van der Waals surface area contributed by atoms with Crippen molar-refractivity contribution >= 4 is 23.9 Å². The molecule has 3 atom stereocenters. The molecule has 0 spiro atoms. The summed E-state index contributed by atoms with van der Waals surface area (Å²) in [6, 6.07) is 0. The zero-order valence-corrected chi connectivity index (χ0v) is 11.8. The van der Waals surface area contributed by atoms with Crippen LogP contribution in [0.2, 0.25) is 0 Å². The number of aliphatic imine (C=N–C) groups is 1. The number of carboxylic acids is 1. The number of nitrogens with one attached hydrogen (secondary N) is 2. The normalized spacial score (nSPS) is 38.9. The highest BCUT2D eigenvalue weighted by Gasteiger charge is 2.63. The molecule has 0 aromatic heterocycles. The van der Waals surface area contributed by atoms with Crippen molar-refractivity contribution in [2.45, 2.75) is 12.1 Å². The van der Waals surface area contributed by atoms with E-state index in [0.29, 0.717) is 18.1 Å². The first-order valence-electron chi connectivity index (χ1n) is 6.71. The highest BCUT2D eigenvalue weighted by atomic mass is 35.5. The van der Waals surface area contributed by atoms with Gasteiger partial charge in [0.15, 0.2) is 6.34 Å². The Hall–Kier alpha value is -2.05. The molecule has 0 saturated carbocycles. The Kier molecular flexibility index (Phi) is 2.41. The van der Waals surface area contributed by atoms with Crippen LogP contribution in [0.4, 0.5) is 0 Å². The summed E-state index contributed by atoms with van der Waals surface area (Å²) >= 11 is 6.42. The van der Waals surface area contributed by atoms with Crippen LogP contribution in [0.25, 0.3) is 0 Å². The van der Waals surface area contributed by atoms with Gasteiger partial charge in [-0.15, -0.1) is 0 Å². The van der Waals surface area contributed by atoms with Gasteiger partial charge in [0.05, 0.1) is 18.3 Å². The molecule has 3 unspecified atom stereocenters. The minimum atomic E-state index is -0.819. The summed E-state index contributed by atoms with van der Waals surface area (Å²) in [6.07, 6.45) is 11.4. The van der Waals surface area contributed by atoms with E-state index in [9.17, 15) is 9.90 Å². The van der Waals surface area contributed by atoms with Gasteiger partial charge in [0.25, 0.3) is 0 Å². The summed E-state index contributed by atoms with van der Waals surface area (Å²) in [7, 11) is 0. The highest BCUT2D eigenvalue weighted by molar-refractivity contribution is 6.28. The molecule has 3 aliphatic heterocycles. The van der Waals surface area contributed by atoms with Crippen molar-refractivity contribution in [2.24, 2.45) is 10.9 Å². The molecule has 0 saturated heterocycles. The van der Waals surface area contributed by atoms with Gasteiger partial charge in [-0.05, 0) is 24.1 Å². The molecule has 0 fully saturated rings. The second-order valence-electron chi connectivity index (χ2n) is 5.57. The van der Waals surface area contributed by atoms with E-state index in [1.165, 1.54) is 0 Å². The van der Waals surface area contributed by atoms with Crippen LogP contribution in [0.3, 0.4) is 0 Å². The number of aliphatic carboxylic acids is 1. The van der Waals surface area contributed by atoms with Gasteiger partial charge in [-0.2, -0.15) is 4.48 Å². The zero-order valence-electron chi connectivity index (χ0n) is 11.1. The molecule has 4 rings (SSSR count). The summed E-state index contributed by atoms with van der Waals surface area (Å²) in [6.45, 7) is 0.519. The van der Waals surface area contributed by atoms with Crippen molar-refractivity contribution in [1.29, 1.82) is 0 Å². The Morgan fingerprint density at radius 3 is 3.24 bits per heavy atom. The lowest BCUT2D eigenvalue weighted by atomic mass is 9.83. The van der Waals surface area contributed by atoms with Gasteiger partial charge in [-0.1, -0.05) is 6.08 Å². The van der Waals surface area contributed by atoms with Gasteiger partial charge in [0, 0.05) is 11.3 Å². The van der Waals surface area contributed by atoms with E-state index in [0.717, 1.165) is 11.3 Å². The van der Waals surface area contributed by atoms with E-state index in [4.69, 9.17) is 11.6 Å². The third kappa shape index (κ3) is 1.41.